The summed E-state index contributed by atoms with van der Waals surface area (Å²) in [4.78, 5) is 32.6. The minimum Gasteiger partial charge on any atom is -0.497 e. The number of carbonyl (C=O) groups excluding carboxylic acids is 1. The second-order valence-electron chi connectivity index (χ2n) is 8.81. The van der Waals surface area contributed by atoms with E-state index in [0.29, 0.717) is 49.0 Å². The third-order valence-electron chi connectivity index (χ3n) is 6.67. The third-order valence-corrected chi connectivity index (χ3v) is 7.65. The van der Waals surface area contributed by atoms with Crippen LogP contribution in [0.2, 0.25) is 0 Å². The molecular weight excluding hydrogens is 516 g/mol. The fourth-order valence-electron chi connectivity index (χ4n) is 4.88. The predicted octanol–water partition coefficient (Wildman–Crippen LogP) is 3.98. The highest BCUT2D eigenvalue weighted by molar-refractivity contribution is 7.07. The van der Waals surface area contributed by atoms with E-state index in [1.54, 1.807) is 58.0 Å². The highest BCUT2D eigenvalue weighted by Gasteiger charge is 2.36. The number of methoxy groups -OCH3 is 3. The molecule has 0 saturated carbocycles. The zero-order valence-electron chi connectivity index (χ0n) is 22.3. The van der Waals surface area contributed by atoms with Crippen molar-refractivity contribution in [1.82, 2.24) is 4.57 Å². The van der Waals surface area contributed by atoms with Crippen molar-refractivity contribution in [2.24, 2.45) is 4.99 Å². The largest absolute Gasteiger partial charge is 0.497 e. The summed E-state index contributed by atoms with van der Waals surface area (Å²) in [5.41, 5.74) is 1.91. The van der Waals surface area contributed by atoms with E-state index in [-0.39, 0.29) is 12.2 Å². The first-order chi connectivity index (χ1) is 18.9. The lowest BCUT2D eigenvalue weighted by Gasteiger charge is -2.27. The van der Waals surface area contributed by atoms with Crippen molar-refractivity contribution in [3.05, 3.63) is 96.7 Å². The van der Waals surface area contributed by atoms with Gasteiger partial charge in [0, 0.05) is 17.2 Å². The molecule has 0 saturated heterocycles. The van der Waals surface area contributed by atoms with E-state index in [2.05, 4.69) is 4.99 Å². The summed E-state index contributed by atoms with van der Waals surface area (Å²) in [6.07, 6.45) is 1.77. The molecule has 200 valence electrons. The SMILES string of the molecule is CCOC(=O)C1=C(C)N=c2s/c(=C\c3ccc(OC)cc3OC)c(=O)n2[C@H]1c1c(OC)ccc2ccccc12. The van der Waals surface area contributed by atoms with Crippen molar-refractivity contribution >= 4 is 34.2 Å². The highest BCUT2D eigenvalue weighted by atomic mass is 32.1. The average Bonchev–Trinajstić information content (AvgIpc) is 3.25. The van der Waals surface area contributed by atoms with Crippen LogP contribution in [0.25, 0.3) is 16.8 Å². The van der Waals surface area contributed by atoms with E-state index in [9.17, 15) is 9.59 Å². The van der Waals surface area contributed by atoms with Crippen LogP contribution in [0.4, 0.5) is 0 Å². The molecule has 5 rings (SSSR count). The standard InChI is InChI=1S/C30H28N2O6S/c1-6-38-29(34)25-17(2)31-30-32(27(25)26-21-10-8-7-9-18(21)12-14-22(26)36-4)28(33)24(39-30)15-19-11-13-20(35-3)16-23(19)37-5/h7-16,27H,6H2,1-5H3/b24-15-/t27-/m1/s1. The summed E-state index contributed by atoms with van der Waals surface area (Å²) in [6.45, 7) is 3.70. The zero-order chi connectivity index (χ0) is 27.7. The number of esters is 1. The molecule has 1 atom stereocenters. The van der Waals surface area contributed by atoms with Gasteiger partial charge >= 0.3 is 5.97 Å². The van der Waals surface area contributed by atoms with Crippen molar-refractivity contribution in [2.75, 3.05) is 27.9 Å². The second-order valence-corrected chi connectivity index (χ2v) is 9.82. The first-order valence-corrected chi connectivity index (χ1v) is 13.2. The maximum absolute atomic E-state index is 14.1. The first-order valence-electron chi connectivity index (χ1n) is 12.4. The first kappa shape index (κ1) is 26.2. The van der Waals surface area contributed by atoms with Crippen molar-refractivity contribution in [2.45, 2.75) is 19.9 Å². The maximum atomic E-state index is 14.1. The van der Waals surface area contributed by atoms with Gasteiger partial charge in [0.2, 0.25) is 0 Å². The molecule has 0 amide bonds. The highest BCUT2D eigenvalue weighted by Crippen LogP contribution is 2.40. The summed E-state index contributed by atoms with van der Waals surface area (Å²) in [6, 6.07) is 16.2. The Balaban J connectivity index is 1.83. The Morgan fingerprint density at radius 2 is 1.79 bits per heavy atom. The monoisotopic (exact) mass is 544 g/mol. The molecular formula is C30H28N2O6S. The summed E-state index contributed by atoms with van der Waals surface area (Å²) < 4.78 is 24.1. The number of carbonyl (C=O) groups is 1. The Morgan fingerprint density at radius 3 is 2.51 bits per heavy atom. The van der Waals surface area contributed by atoms with Gasteiger partial charge in [-0.1, -0.05) is 41.7 Å². The summed E-state index contributed by atoms with van der Waals surface area (Å²) in [5, 5.41) is 1.82. The number of ether oxygens (including phenoxy) is 4. The van der Waals surface area contributed by atoms with Crippen molar-refractivity contribution in [1.29, 1.82) is 0 Å². The molecule has 0 bridgehead atoms. The molecule has 2 heterocycles. The predicted molar refractivity (Wildman–Crippen MR) is 150 cm³/mol. The van der Waals surface area contributed by atoms with Gasteiger partial charge in [-0.2, -0.15) is 0 Å². The molecule has 8 nitrogen and oxygen atoms in total. The summed E-state index contributed by atoms with van der Waals surface area (Å²) in [5.74, 6) is 1.24. The van der Waals surface area contributed by atoms with Gasteiger partial charge in [-0.25, -0.2) is 9.79 Å². The smallest absolute Gasteiger partial charge is 0.338 e. The lowest BCUT2D eigenvalue weighted by atomic mass is 9.90. The fraction of sp³-hybridized carbons (Fsp3) is 0.233. The quantitative estimate of drug-likeness (QED) is 0.327. The molecule has 39 heavy (non-hydrogen) atoms. The van der Waals surface area contributed by atoms with E-state index < -0.39 is 12.0 Å². The van der Waals surface area contributed by atoms with Crippen LogP contribution in [-0.4, -0.2) is 38.5 Å². The molecule has 0 unspecified atom stereocenters. The number of allylic oxidation sites excluding steroid dienone is 1. The molecule has 1 aromatic heterocycles. The number of thiazole rings is 1. The van der Waals surface area contributed by atoms with Crippen LogP contribution in [0.1, 0.15) is 31.0 Å². The van der Waals surface area contributed by atoms with Crippen LogP contribution in [0.5, 0.6) is 17.2 Å². The van der Waals surface area contributed by atoms with E-state index in [1.165, 1.54) is 11.3 Å². The summed E-state index contributed by atoms with van der Waals surface area (Å²) in [7, 11) is 4.72. The minimum atomic E-state index is -0.804. The van der Waals surface area contributed by atoms with Crippen LogP contribution in [0, 0.1) is 0 Å². The number of rotatable bonds is 7. The van der Waals surface area contributed by atoms with Gasteiger partial charge in [0.1, 0.15) is 23.3 Å². The van der Waals surface area contributed by atoms with Crippen LogP contribution >= 0.6 is 11.3 Å². The fourth-order valence-corrected chi connectivity index (χ4v) is 5.92. The molecule has 1 aliphatic rings. The van der Waals surface area contributed by atoms with Crippen molar-refractivity contribution < 1.29 is 23.7 Å². The van der Waals surface area contributed by atoms with Gasteiger partial charge in [0.25, 0.3) is 5.56 Å². The Hall–Kier alpha value is -4.37. The van der Waals surface area contributed by atoms with Crippen LogP contribution < -0.4 is 29.1 Å². The summed E-state index contributed by atoms with van der Waals surface area (Å²) >= 11 is 1.25. The zero-order valence-corrected chi connectivity index (χ0v) is 23.1. The second kappa shape index (κ2) is 10.8. The molecule has 0 aliphatic carbocycles. The molecule has 1 aliphatic heterocycles. The van der Waals surface area contributed by atoms with Crippen LogP contribution in [0.15, 0.2) is 75.7 Å². The number of hydrogen-bond acceptors (Lipinski definition) is 8. The van der Waals surface area contributed by atoms with Gasteiger partial charge in [-0.15, -0.1) is 0 Å². The van der Waals surface area contributed by atoms with E-state index >= 15 is 0 Å². The lowest BCUT2D eigenvalue weighted by molar-refractivity contribution is -0.139. The van der Waals surface area contributed by atoms with Crippen LogP contribution in [0.3, 0.4) is 0 Å². The lowest BCUT2D eigenvalue weighted by Crippen LogP contribution is -2.40. The van der Waals surface area contributed by atoms with Crippen molar-refractivity contribution in [3.8, 4) is 17.2 Å². The molecule has 9 heteroatoms. The van der Waals surface area contributed by atoms with Crippen LogP contribution in [-0.2, 0) is 9.53 Å². The molecule has 0 fully saturated rings. The molecule has 4 aromatic rings. The Morgan fingerprint density at radius 1 is 1.03 bits per heavy atom. The molecule has 0 spiro atoms. The normalized spacial score (nSPS) is 15.1. The Labute approximate surface area is 229 Å². The number of benzene rings is 3. The van der Waals surface area contributed by atoms with Gasteiger partial charge in [0.15, 0.2) is 4.80 Å². The Bertz CT molecular complexity index is 1800. The minimum absolute atomic E-state index is 0.191. The van der Waals surface area contributed by atoms with E-state index in [1.807, 2.05) is 42.5 Å². The topological polar surface area (TPSA) is 88.4 Å². The van der Waals surface area contributed by atoms with Gasteiger partial charge < -0.3 is 18.9 Å². The number of fused-ring (bicyclic) bond motifs is 2. The van der Waals surface area contributed by atoms with E-state index in [0.717, 1.165) is 10.8 Å². The molecule has 3 aromatic carbocycles. The maximum Gasteiger partial charge on any atom is 0.338 e. The Kier molecular flexibility index (Phi) is 7.26. The molecule has 0 N–H and O–H groups in total. The number of hydrogen-bond donors (Lipinski definition) is 0. The van der Waals surface area contributed by atoms with Gasteiger partial charge in [-0.3, -0.25) is 9.36 Å². The average molecular weight is 545 g/mol. The van der Waals surface area contributed by atoms with Crippen molar-refractivity contribution in [3.63, 3.8) is 0 Å². The molecule has 0 radical (unpaired) electrons. The van der Waals surface area contributed by atoms with E-state index in [4.69, 9.17) is 18.9 Å². The van der Waals surface area contributed by atoms with Gasteiger partial charge in [-0.05, 0) is 48.9 Å². The number of nitrogens with zero attached hydrogens (tertiary/aromatic N) is 2. The number of aromatic nitrogens is 1. The van der Waals surface area contributed by atoms with Gasteiger partial charge in [0.05, 0.1) is 43.7 Å². The third kappa shape index (κ3) is 4.59.